The molecule has 0 unspecified atom stereocenters. The lowest BCUT2D eigenvalue weighted by Crippen LogP contribution is -2.50. The van der Waals surface area contributed by atoms with E-state index in [4.69, 9.17) is 5.11 Å². The number of thiazole rings is 1. The highest BCUT2D eigenvalue weighted by Crippen LogP contribution is 2.45. The predicted molar refractivity (Wildman–Crippen MR) is 93.9 cm³/mol. The topological polar surface area (TPSA) is 84.1 Å². The number of carboxylic acid groups (broad SMARTS) is 1. The summed E-state index contributed by atoms with van der Waals surface area (Å²) in [4.78, 5) is 29.4. The molecule has 2 aromatic heterocycles. The molecule has 10 heteroatoms. The third kappa shape index (κ3) is 2.15. The second-order valence-electron chi connectivity index (χ2n) is 5.62. The molecule has 1 N–H and O–H groups in total. The molecule has 2 aliphatic heterocycles. The lowest BCUT2D eigenvalue weighted by atomic mass is 10.1. The van der Waals surface area contributed by atoms with Crippen LogP contribution in [-0.4, -0.2) is 36.8 Å². The molecular weight excluding hydrogens is 381 g/mol. The summed E-state index contributed by atoms with van der Waals surface area (Å²) in [5, 5.41) is 9.89. The van der Waals surface area contributed by atoms with Gasteiger partial charge in [-0.15, -0.1) is 0 Å². The molecule has 4 heterocycles. The average molecular weight is 389 g/mol. The van der Waals surface area contributed by atoms with E-state index >= 15 is 0 Å². The zero-order chi connectivity index (χ0) is 18.0. The smallest absolute Gasteiger partial charge is 0.449 e. The minimum absolute atomic E-state index is 0.0218. The van der Waals surface area contributed by atoms with Crippen LogP contribution in [0.4, 0.5) is 9.18 Å². The Labute approximate surface area is 153 Å². The van der Waals surface area contributed by atoms with Gasteiger partial charge in [0.05, 0.1) is 21.5 Å². The van der Waals surface area contributed by atoms with Crippen molar-refractivity contribution in [3.63, 3.8) is 0 Å². The summed E-state index contributed by atoms with van der Waals surface area (Å²) in [5.41, 5.74) is 1.98. The van der Waals surface area contributed by atoms with Crippen LogP contribution in [0, 0.1) is 5.82 Å². The van der Waals surface area contributed by atoms with Crippen molar-refractivity contribution in [3.05, 3.63) is 52.8 Å². The van der Waals surface area contributed by atoms with E-state index in [1.807, 2.05) is 4.40 Å². The molecule has 1 amide bonds. The Morgan fingerprint density at radius 1 is 1.42 bits per heavy atom. The Hall–Kier alpha value is -2.85. The highest BCUT2D eigenvalue weighted by atomic mass is 32.2. The van der Waals surface area contributed by atoms with Crippen molar-refractivity contribution in [2.24, 2.45) is 0 Å². The van der Waals surface area contributed by atoms with Crippen molar-refractivity contribution in [3.8, 4) is 0 Å². The van der Waals surface area contributed by atoms with Crippen LogP contribution >= 0.6 is 23.1 Å². The van der Waals surface area contributed by atoms with Gasteiger partial charge in [0.25, 0.3) is 5.91 Å². The standard InChI is InChI=1S/C16H8FN3O4S2/c17-7-1-2-10-11(3-7)26-15-18-8(5-19(10)15)4-9-13(21)20-12(24-16(22)23)6-25-14(9)20/h1-6,14H,(H,22,23)/b9-4-/t14-/m1/s1. The minimum atomic E-state index is -1.46. The maximum absolute atomic E-state index is 13.3. The molecule has 1 saturated heterocycles. The fourth-order valence-electron chi connectivity index (χ4n) is 2.97. The van der Waals surface area contributed by atoms with Gasteiger partial charge in [0.1, 0.15) is 11.2 Å². The second-order valence-corrected chi connectivity index (χ2v) is 7.58. The summed E-state index contributed by atoms with van der Waals surface area (Å²) < 4.78 is 20.6. The molecule has 1 atom stereocenters. The van der Waals surface area contributed by atoms with Crippen molar-refractivity contribution < 1.29 is 23.8 Å². The number of thioether (sulfide) groups is 1. The van der Waals surface area contributed by atoms with Crippen molar-refractivity contribution in [1.29, 1.82) is 0 Å². The van der Waals surface area contributed by atoms with Gasteiger partial charge in [-0.1, -0.05) is 23.1 Å². The Morgan fingerprint density at radius 2 is 2.27 bits per heavy atom. The van der Waals surface area contributed by atoms with Gasteiger partial charge in [-0.3, -0.25) is 14.1 Å². The van der Waals surface area contributed by atoms with Gasteiger partial charge in [0.2, 0.25) is 5.88 Å². The number of carbonyl (C=O) groups is 2. The number of aromatic nitrogens is 2. The number of halogens is 1. The number of hydrogen-bond donors (Lipinski definition) is 1. The monoisotopic (exact) mass is 389 g/mol. The van der Waals surface area contributed by atoms with E-state index in [0.717, 1.165) is 10.2 Å². The van der Waals surface area contributed by atoms with E-state index in [2.05, 4.69) is 9.72 Å². The van der Waals surface area contributed by atoms with Crippen LogP contribution in [0.5, 0.6) is 0 Å². The van der Waals surface area contributed by atoms with Gasteiger partial charge in [-0.25, -0.2) is 14.2 Å². The zero-order valence-corrected chi connectivity index (χ0v) is 14.4. The molecular formula is C16H8FN3O4S2. The Morgan fingerprint density at radius 3 is 3.08 bits per heavy atom. The van der Waals surface area contributed by atoms with E-state index in [1.54, 1.807) is 18.3 Å². The molecule has 26 heavy (non-hydrogen) atoms. The molecule has 0 saturated carbocycles. The molecule has 7 nitrogen and oxygen atoms in total. The van der Waals surface area contributed by atoms with E-state index < -0.39 is 6.16 Å². The number of ether oxygens (including phenoxy) is 1. The molecule has 130 valence electrons. The van der Waals surface area contributed by atoms with Crippen molar-refractivity contribution in [1.82, 2.24) is 14.3 Å². The first-order valence-corrected chi connectivity index (χ1v) is 9.16. The molecule has 1 fully saturated rings. The fourth-order valence-corrected chi connectivity index (χ4v) is 5.05. The SMILES string of the molecule is O=C(O)OC1=CS[C@@H]2/C(=C\c3cn4c(n3)sc3cc(F)ccc34)C(=O)N12. The van der Waals surface area contributed by atoms with Crippen LogP contribution < -0.4 is 0 Å². The number of nitrogens with zero attached hydrogens (tertiary/aromatic N) is 3. The molecule has 0 radical (unpaired) electrons. The summed E-state index contributed by atoms with van der Waals surface area (Å²) in [6.07, 6.45) is 2.01. The second kappa shape index (κ2) is 5.32. The van der Waals surface area contributed by atoms with Crippen LogP contribution in [0.3, 0.4) is 0 Å². The van der Waals surface area contributed by atoms with Gasteiger partial charge in [0.15, 0.2) is 4.96 Å². The van der Waals surface area contributed by atoms with Gasteiger partial charge in [-0.2, -0.15) is 0 Å². The lowest BCUT2D eigenvalue weighted by molar-refractivity contribution is -0.133. The number of fused-ring (bicyclic) bond motifs is 4. The lowest BCUT2D eigenvalue weighted by Gasteiger charge is -2.36. The molecule has 0 bridgehead atoms. The van der Waals surface area contributed by atoms with Crippen LogP contribution in [-0.2, 0) is 9.53 Å². The van der Waals surface area contributed by atoms with Crippen molar-refractivity contribution in [2.75, 3.05) is 0 Å². The summed E-state index contributed by atoms with van der Waals surface area (Å²) in [5.74, 6) is -0.584. The van der Waals surface area contributed by atoms with Gasteiger partial charge >= 0.3 is 6.16 Å². The third-order valence-electron chi connectivity index (χ3n) is 4.07. The zero-order valence-electron chi connectivity index (χ0n) is 12.7. The molecule has 0 spiro atoms. The van der Waals surface area contributed by atoms with Crippen LogP contribution in [0.2, 0.25) is 0 Å². The van der Waals surface area contributed by atoms with Crippen LogP contribution in [0.1, 0.15) is 5.69 Å². The first-order valence-electron chi connectivity index (χ1n) is 7.40. The normalized spacial score (nSPS) is 20.6. The first-order chi connectivity index (χ1) is 12.5. The summed E-state index contributed by atoms with van der Waals surface area (Å²) >= 11 is 2.66. The van der Waals surface area contributed by atoms with Gasteiger partial charge < -0.3 is 9.84 Å². The Bertz CT molecular complexity index is 1180. The summed E-state index contributed by atoms with van der Waals surface area (Å²) in [7, 11) is 0. The van der Waals surface area contributed by atoms with Crippen LogP contribution in [0.25, 0.3) is 21.3 Å². The third-order valence-corrected chi connectivity index (χ3v) is 6.15. The molecule has 2 aliphatic rings. The number of benzene rings is 1. The first kappa shape index (κ1) is 15.4. The summed E-state index contributed by atoms with van der Waals surface area (Å²) in [6, 6.07) is 4.55. The number of amides is 1. The quantitative estimate of drug-likeness (QED) is 0.410. The number of hydrogen-bond acceptors (Lipinski definition) is 6. The highest BCUT2D eigenvalue weighted by molar-refractivity contribution is 8.03. The van der Waals surface area contributed by atoms with E-state index in [0.29, 0.717) is 16.2 Å². The van der Waals surface area contributed by atoms with Gasteiger partial charge in [0, 0.05) is 11.6 Å². The Kier molecular flexibility index (Phi) is 3.15. The maximum atomic E-state index is 13.3. The van der Waals surface area contributed by atoms with E-state index in [-0.39, 0.29) is 23.0 Å². The molecule has 0 aliphatic carbocycles. The molecule has 3 aromatic rings. The maximum Gasteiger partial charge on any atom is 0.512 e. The minimum Gasteiger partial charge on any atom is -0.449 e. The molecule has 1 aromatic carbocycles. The predicted octanol–water partition coefficient (Wildman–Crippen LogP) is 3.48. The largest absolute Gasteiger partial charge is 0.512 e. The number of rotatable bonds is 2. The van der Waals surface area contributed by atoms with E-state index in [9.17, 15) is 14.0 Å². The Balaban J connectivity index is 1.47. The number of carbonyl (C=O) groups excluding carboxylic acids is 1. The number of imidazole rings is 1. The highest BCUT2D eigenvalue weighted by Gasteiger charge is 2.49. The fraction of sp³-hybridized carbons (Fsp3) is 0.0625. The number of β-lactam (4-membered cyclic amide) rings is 1. The van der Waals surface area contributed by atoms with Crippen molar-refractivity contribution >= 4 is 56.4 Å². The van der Waals surface area contributed by atoms with Gasteiger partial charge in [-0.05, 0) is 24.3 Å². The van der Waals surface area contributed by atoms with Crippen molar-refractivity contribution in [2.45, 2.75) is 5.37 Å². The average Bonchev–Trinajstić information content (AvgIpc) is 3.22. The molecule has 5 rings (SSSR count). The van der Waals surface area contributed by atoms with Crippen LogP contribution in [0.15, 0.2) is 41.3 Å². The summed E-state index contributed by atoms with van der Waals surface area (Å²) in [6.45, 7) is 0. The van der Waals surface area contributed by atoms with E-state index in [1.165, 1.54) is 45.5 Å².